The topological polar surface area (TPSA) is 79.5 Å². The van der Waals surface area contributed by atoms with E-state index in [1.54, 1.807) is 37.6 Å². The van der Waals surface area contributed by atoms with Gasteiger partial charge in [-0.05, 0) is 74.2 Å². The monoisotopic (exact) mass is 472 g/mol. The van der Waals surface area contributed by atoms with Crippen LogP contribution in [0, 0.1) is 11.3 Å². The summed E-state index contributed by atoms with van der Waals surface area (Å²) >= 11 is 6.19. The number of rotatable bonds is 8. The fourth-order valence-corrected chi connectivity index (χ4v) is 3.96. The normalized spacial score (nSPS) is 13.9. The predicted molar refractivity (Wildman–Crippen MR) is 137 cm³/mol. The molecule has 0 bridgehead atoms. The van der Waals surface area contributed by atoms with Crippen LogP contribution in [-0.4, -0.2) is 24.4 Å². The molecule has 0 radical (unpaired) electrons. The summed E-state index contributed by atoms with van der Waals surface area (Å²) in [6.45, 7) is 0. The van der Waals surface area contributed by atoms with Gasteiger partial charge in [0.1, 0.15) is 11.9 Å². The van der Waals surface area contributed by atoms with Crippen molar-refractivity contribution < 1.29 is 9.47 Å². The molecule has 1 aliphatic rings. The minimum atomic E-state index is 0.232. The Labute approximate surface area is 204 Å². The molecule has 3 aromatic rings. The maximum absolute atomic E-state index is 8.95. The van der Waals surface area contributed by atoms with E-state index in [0.29, 0.717) is 27.8 Å². The molecule has 2 aromatic carbocycles. The number of hydrogen-bond donors (Lipinski definition) is 1. The molecule has 7 heteroatoms. The van der Waals surface area contributed by atoms with Crippen LogP contribution in [0.4, 0.5) is 17.2 Å². The smallest absolute Gasteiger partial charge is 0.168 e. The highest BCUT2D eigenvalue weighted by molar-refractivity contribution is 6.31. The van der Waals surface area contributed by atoms with Crippen molar-refractivity contribution in [3.8, 4) is 17.6 Å². The van der Waals surface area contributed by atoms with E-state index in [1.165, 1.54) is 19.0 Å². The van der Waals surface area contributed by atoms with Gasteiger partial charge in [0.25, 0.3) is 0 Å². The van der Waals surface area contributed by atoms with E-state index in [0.717, 1.165) is 29.9 Å². The molecular weight excluding hydrogens is 448 g/mol. The summed E-state index contributed by atoms with van der Waals surface area (Å²) in [4.78, 5) is 8.83. The predicted octanol–water partition coefficient (Wildman–Crippen LogP) is 7.10. The number of methoxy groups -OCH3 is 1. The highest BCUT2D eigenvalue weighted by Gasteiger charge is 2.19. The lowest BCUT2D eigenvalue weighted by atomic mass is 10.1. The van der Waals surface area contributed by atoms with Crippen LogP contribution in [0.25, 0.3) is 6.08 Å². The van der Waals surface area contributed by atoms with E-state index in [9.17, 15) is 0 Å². The first kappa shape index (κ1) is 23.3. The molecule has 6 nitrogen and oxygen atoms in total. The highest BCUT2D eigenvalue weighted by Crippen LogP contribution is 2.35. The van der Waals surface area contributed by atoms with Crippen molar-refractivity contribution in [1.82, 2.24) is 4.98 Å². The van der Waals surface area contributed by atoms with Crippen LogP contribution in [0.5, 0.6) is 11.5 Å². The Hall–Kier alpha value is -3.82. The Balaban J connectivity index is 1.52. The molecular formula is C27H25ClN4O2. The van der Waals surface area contributed by atoms with Crippen molar-refractivity contribution in [3.05, 3.63) is 77.0 Å². The number of nitrogens with one attached hydrogen (secondary N) is 1. The van der Waals surface area contributed by atoms with Crippen LogP contribution in [0.15, 0.2) is 65.8 Å². The van der Waals surface area contributed by atoms with Gasteiger partial charge in [-0.1, -0.05) is 23.7 Å². The molecule has 4 rings (SSSR count). The second kappa shape index (κ2) is 11.4. The quantitative estimate of drug-likeness (QED) is 0.354. The third-order valence-corrected chi connectivity index (χ3v) is 5.74. The molecule has 1 fully saturated rings. The Morgan fingerprint density at radius 3 is 2.76 bits per heavy atom. The maximum atomic E-state index is 8.95. The van der Waals surface area contributed by atoms with Crippen LogP contribution < -0.4 is 14.8 Å². The van der Waals surface area contributed by atoms with Crippen LogP contribution in [0.3, 0.4) is 0 Å². The number of benzene rings is 2. The Kier molecular flexibility index (Phi) is 7.79. The standard InChI is InChI=1S/C27H25ClN4O2/c1-33-25-10-4-6-20(27(25)34-22-8-2-3-9-22)7-5-15-30-23-13-12-21(28)16-24(23)32-26-14-11-19(17-29)18-31-26/h4-7,10-16,18,22H,2-3,8-9H2,1H3,(H,31,32)/b7-5+,30-15?. The first-order valence-corrected chi connectivity index (χ1v) is 11.5. The van der Waals surface area contributed by atoms with Gasteiger partial charge in [0, 0.05) is 23.0 Å². The molecule has 1 saturated carbocycles. The molecule has 172 valence electrons. The van der Waals surface area contributed by atoms with Gasteiger partial charge >= 0.3 is 0 Å². The number of nitriles is 1. The first-order chi connectivity index (χ1) is 16.7. The lowest BCUT2D eigenvalue weighted by Gasteiger charge is -2.17. The molecule has 0 amide bonds. The molecule has 0 aliphatic heterocycles. The largest absolute Gasteiger partial charge is 0.493 e. The van der Waals surface area contributed by atoms with Gasteiger partial charge in [-0.15, -0.1) is 0 Å². The summed E-state index contributed by atoms with van der Waals surface area (Å²) in [5.41, 5.74) is 2.84. The van der Waals surface area contributed by atoms with Gasteiger partial charge in [0.05, 0.1) is 30.2 Å². The number of para-hydroxylation sites is 1. The van der Waals surface area contributed by atoms with E-state index in [4.69, 9.17) is 26.3 Å². The van der Waals surface area contributed by atoms with Crippen LogP contribution >= 0.6 is 11.6 Å². The summed E-state index contributed by atoms with van der Waals surface area (Å²) in [6.07, 6.45) is 11.8. The van der Waals surface area contributed by atoms with E-state index < -0.39 is 0 Å². The molecule has 1 aliphatic carbocycles. The molecule has 1 aromatic heterocycles. The lowest BCUT2D eigenvalue weighted by molar-refractivity contribution is 0.200. The van der Waals surface area contributed by atoms with Gasteiger partial charge < -0.3 is 14.8 Å². The van der Waals surface area contributed by atoms with Crippen molar-refractivity contribution in [2.75, 3.05) is 12.4 Å². The zero-order valence-corrected chi connectivity index (χ0v) is 19.6. The summed E-state index contributed by atoms with van der Waals surface area (Å²) in [6, 6.07) is 16.8. The van der Waals surface area contributed by atoms with Gasteiger partial charge in [0.2, 0.25) is 0 Å². The molecule has 1 heterocycles. The van der Waals surface area contributed by atoms with Gasteiger partial charge in [-0.25, -0.2) is 4.98 Å². The number of aromatic nitrogens is 1. The summed E-state index contributed by atoms with van der Waals surface area (Å²) in [5, 5.41) is 12.7. The summed E-state index contributed by atoms with van der Waals surface area (Å²) in [7, 11) is 1.66. The van der Waals surface area contributed by atoms with Crippen LogP contribution in [0.1, 0.15) is 36.8 Å². The van der Waals surface area contributed by atoms with Gasteiger partial charge in [0.15, 0.2) is 11.5 Å². The average Bonchev–Trinajstić information content (AvgIpc) is 3.37. The zero-order chi connectivity index (χ0) is 23.8. The van der Waals surface area contributed by atoms with Crippen molar-refractivity contribution in [1.29, 1.82) is 5.26 Å². The van der Waals surface area contributed by atoms with Gasteiger partial charge in [-0.2, -0.15) is 5.26 Å². The van der Waals surface area contributed by atoms with Crippen molar-refractivity contribution in [2.24, 2.45) is 4.99 Å². The SMILES string of the molecule is COc1cccc(/C=C/C=Nc2ccc(Cl)cc2Nc2ccc(C#N)cn2)c1OC1CCCC1. The van der Waals surface area contributed by atoms with E-state index in [-0.39, 0.29) is 6.10 Å². The molecule has 0 unspecified atom stereocenters. The third-order valence-electron chi connectivity index (χ3n) is 5.51. The maximum Gasteiger partial charge on any atom is 0.168 e. The molecule has 0 spiro atoms. The second-order valence-corrected chi connectivity index (χ2v) is 8.31. The number of nitrogens with zero attached hydrogens (tertiary/aromatic N) is 3. The Morgan fingerprint density at radius 2 is 2.03 bits per heavy atom. The van der Waals surface area contributed by atoms with E-state index >= 15 is 0 Å². The third kappa shape index (κ3) is 5.94. The Morgan fingerprint density at radius 1 is 1.18 bits per heavy atom. The minimum absolute atomic E-state index is 0.232. The average molecular weight is 473 g/mol. The summed E-state index contributed by atoms with van der Waals surface area (Å²) in [5.74, 6) is 2.09. The number of aliphatic imine (C=N–C) groups is 1. The van der Waals surface area contributed by atoms with Crippen LogP contribution in [0.2, 0.25) is 5.02 Å². The number of halogens is 1. The van der Waals surface area contributed by atoms with E-state index in [1.807, 2.05) is 36.4 Å². The lowest BCUT2D eigenvalue weighted by Crippen LogP contribution is -2.12. The van der Waals surface area contributed by atoms with Crippen molar-refractivity contribution >= 4 is 41.1 Å². The fraction of sp³-hybridized carbons (Fsp3) is 0.222. The fourth-order valence-electron chi connectivity index (χ4n) is 3.79. The molecule has 34 heavy (non-hydrogen) atoms. The van der Waals surface area contributed by atoms with Crippen molar-refractivity contribution in [3.63, 3.8) is 0 Å². The number of ether oxygens (including phenoxy) is 2. The molecule has 1 N–H and O–H groups in total. The number of hydrogen-bond acceptors (Lipinski definition) is 6. The first-order valence-electron chi connectivity index (χ1n) is 11.1. The summed E-state index contributed by atoms with van der Waals surface area (Å²) < 4.78 is 11.8. The van der Waals surface area contributed by atoms with Crippen molar-refractivity contribution in [2.45, 2.75) is 31.8 Å². The second-order valence-electron chi connectivity index (χ2n) is 7.87. The number of anilines is 2. The minimum Gasteiger partial charge on any atom is -0.493 e. The van der Waals surface area contributed by atoms with E-state index in [2.05, 4.69) is 21.4 Å². The molecule has 0 atom stereocenters. The van der Waals surface area contributed by atoms with Gasteiger partial charge in [-0.3, -0.25) is 4.99 Å². The zero-order valence-electron chi connectivity index (χ0n) is 18.9. The van der Waals surface area contributed by atoms with Crippen LogP contribution in [-0.2, 0) is 0 Å². The Bertz CT molecular complexity index is 1230. The highest BCUT2D eigenvalue weighted by atomic mass is 35.5. The number of pyridine rings is 1. The number of allylic oxidation sites excluding steroid dienone is 1. The molecule has 0 saturated heterocycles.